The molecule has 1 heteroatoms. The Morgan fingerprint density at radius 1 is 1.13 bits per heavy atom. The summed E-state index contributed by atoms with van der Waals surface area (Å²) in [5.41, 5.74) is 5.35. The lowest BCUT2D eigenvalue weighted by Gasteiger charge is -2.51. The second-order valence-corrected chi connectivity index (χ2v) is 14.0. The van der Waals surface area contributed by atoms with E-state index < -0.39 is 0 Å². The first-order valence-corrected chi connectivity index (χ1v) is 13.7. The van der Waals surface area contributed by atoms with Crippen LogP contribution in [0.2, 0.25) is 17.5 Å². The van der Waals surface area contributed by atoms with Gasteiger partial charge in [-0.15, -0.1) is 0 Å². The van der Waals surface area contributed by atoms with Crippen molar-refractivity contribution in [3.8, 4) is 0 Å². The van der Waals surface area contributed by atoms with Gasteiger partial charge >= 0.3 is 0 Å². The Labute approximate surface area is 185 Å². The molecule has 2 heterocycles. The highest BCUT2D eigenvalue weighted by molar-refractivity contribution is 6.81. The molecule has 0 amide bonds. The molecular weight excluding hydrogens is 359 g/mol. The molecule has 10 atom stereocenters. The second-order valence-electron chi connectivity index (χ2n) is 14.0. The van der Waals surface area contributed by atoms with E-state index in [-0.39, 0.29) is 0 Å². The van der Waals surface area contributed by atoms with Crippen LogP contribution in [0.4, 0.5) is 0 Å². The Balaban J connectivity index is 1.20. The molecule has 2 aliphatic heterocycles. The van der Waals surface area contributed by atoms with Crippen molar-refractivity contribution in [3.63, 3.8) is 0 Å². The lowest BCUT2D eigenvalue weighted by molar-refractivity contribution is 0.0488. The zero-order valence-electron chi connectivity index (χ0n) is 20.3. The number of hydrogen-bond acceptors (Lipinski definition) is 0. The van der Waals surface area contributed by atoms with Crippen LogP contribution in [0.5, 0.6) is 0 Å². The Kier molecular flexibility index (Phi) is 3.41. The summed E-state index contributed by atoms with van der Waals surface area (Å²) < 4.78 is 0. The van der Waals surface area contributed by atoms with E-state index in [0.717, 1.165) is 53.4 Å². The molecule has 0 radical (unpaired) electrons. The van der Waals surface area contributed by atoms with Gasteiger partial charge in [0.2, 0.25) is 0 Å². The van der Waals surface area contributed by atoms with E-state index in [1.54, 1.807) is 18.3 Å². The first-order valence-electron chi connectivity index (χ1n) is 13.7. The molecule has 30 heavy (non-hydrogen) atoms. The fourth-order valence-corrected chi connectivity index (χ4v) is 12.1. The number of rotatable bonds is 5. The zero-order chi connectivity index (χ0) is 20.8. The molecule has 10 unspecified atom stereocenters. The maximum absolute atomic E-state index is 4.83. The third kappa shape index (κ3) is 1.62. The molecule has 162 valence electrons. The third-order valence-corrected chi connectivity index (χ3v) is 13.5. The number of hydrogen-bond donors (Lipinski definition) is 0. The van der Waals surface area contributed by atoms with Crippen molar-refractivity contribution in [2.45, 2.75) is 103 Å². The minimum atomic E-state index is 0.517. The van der Waals surface area contributed by atoms with E-state index in [2.05, 4.69) is 40.7 Å². The minimum absolute atomic E-state index is 0.517. The van der Waals surface area contributed by atoms with Crippen molar-refractivity contribution in [3.05, 3.63) is 23.8 Å². The normalized spacial score (nSPS) is 55.6. The van der Waals surface area contributed by atoms with Crippen LogP contribution in [0, 0.1) is 51.8 Å². The quantitative estimate of drug-likeness (QED) is 0.322. The lowest BCUT2D eigenvalue weighted by atomic mass is 9.32. The predicted molar refractivity (Wildman–Crippen MR) is 128 cm³/mol. The molecular formula is C29H43B. The first-order chi connectivity index (χ1) is 14.3. The molecule has 7 aliphatic rings. The summed E-state index contributed by atoms with van der Waals surface area (Å²) in [6, 6.07) is 0. The second kappa shape index (κ2) is 5.36. The van der Waals surface area contributed by atoms with Gasteiger partial charge in [0.25, 0.3) is 0 Å². The van der Waals surface area contributed by atoms with Crippen molar-refractivity contribution in [1.82, 2.24) is 0 Å². The van der Waals surface area contributed by atoms with Gasteiger partial charge < -0.3 is 0 Å². The zero-order valence-corrected chi connectivity index (χ0v) is 20.3. The minimum Gasteiger partial charge on any atom is -0.0989 e. The Morgan fingerprint density at radius 3 is 2.70 bits per heavy atom. The molecule has 0 nitrogen and oxygen atoms in total. The number of fused-ring (bicyclic) bond motifs is 2. The van der Waals surface area contributed by atoms with Crippen LogP contribution < -0.4 is 0 Å². The van der Waals surface area contributed by atoms with E-state index in [9.17, 15) is 0 Å². The smallest absolute Gasteiger partial charge is 0.0989 e. The Bertz CT molecular complexity index is 868. The molecule has 0 bridgehead atoms. The van der Waals surface area contributed by atoms with Gasteiger partial charge in [-0.2, -0.15) is 0 Å². The van der Waals surface area contributed by atoms with E-state index in [4.69, 9.17) is 6.58 Å². The van der Waals surface area contributed by atoms with Crippen LogP contribution in [0.15, 0.2) is 23.8 Å². The molecule has 2 saturated heterocycles. The van der Waals surface area contributed by atoms with E-state index in [0.29, 0.717) is 16.2 Å². The molecule has 6 fully saturated rings. The average molecular weight is 402 g/mol. The fourth-order valence-electron chi connectivity index (χ4n) is 12.1. The highest BCUT2D eigenvalue weighted by Crippen LogP contribution is 3.09. The average Bonchev–Trinajstić information content (AvgIpc) is 3.25. The maximum Gasteiger partial charge on any atom is 0.151 e. The summed E-state index contributed by atoms with van der Waals surface area (Å²) in [5, 5.41) is 0.746. The summed E-state index contributed by atoms with van der Waals surface area (Å²) in [5.74, 6) is 6.70. The van der Waals surface area contributed by atoms with Gasteiger partial charge in [0, 0.05) is 10.8 Å². The van der Waals surface area contributed by atoms with Crippen LogP contribution in [0.3, 0.4) is 0 Å². The van der Waals surface area contributed by atoms with Crippen molar-refractivity contribution in [2.75, 3.05) is 0 Å². The van der Waals surface area contributed by atoms with Crippen molar-refractivity contribution in [2.24, 2.45) is 51.8 Å². The third-order valence-electron chi connectivity index (χ3n) is 13.5. The maximum atomic E-state index is 4.83. The van der Waals surface area contributed by atoms with Crippen LogP contribution in [-0.2, 0) is 0 Å². The van der Waals surface area contributed by atoms with Gasteiger partial charge in [-0.3, -0.25) is 0 Å². The van der Waals surface area contributed by atoms with Crippen molar-refractivity contribution < 1.29 is 0 Å². The molecule has 0 N–H and O–H groups in total. The highest BCUT2D eigenvalue weighted by atomic mass is 15.0. The van der Waals surface area contributed by atoms with Crippen LogP contribution >= 0.6 is 0 Å². The first kappa shape index (κ1) is 19.1. The highest BCUT2D eigenvalue weighted by Gasteiger charge is 3.02. The van der Waals surface area contributed by atoms with Gasteiger partial charge in [-0.05, 0) is 84.8 Å². The SMILES string of the molecule is C=C1CCC2CB3C4CC56C(=CCC7(C)C(C(C)CCC(C)C(C)C)CCC75)C16C324. The molecule has 0 aromatic carbocycles. The summed E-state index contributed by atoms with van der Waals surface area (Å²) in [6.45, 7) is 18.6. The molecule has 0 aromatic rings. The summed E-state index contributed by atoms with van der Waals surface area (Å²) in [6.07, 6.45) is 16.1. The summed E-state index contributed by atoms with van der Waals surface area (Å²) >= 11 is 0. The van der Waals surface area contributed by atoms with E-state index in [1.807, 2.05) is 5.57 Å². The standard InChI is InChI=1S/C29H43B/c1-17(2)18(3)7-8-19(4)22-11-12-23-26(22,6)14-13-24-27(23)15-25-29-21(16-30(25)29)10-9-20(5)28(24,27)29/h13,17-19,21-23,25H,5,7-12,14-16H2,1-4,6H3. The summed E-state index contributed by atoms with van der Waals surface area (Å²) in [7, 11) is 0. The van der Waals surface area contributed by atoms with Crippen molar-refractivity contribution in [1.29, 1.82) is 0 Å². The molecule has 3 spiro atoms. The van der Waals surface area contributed by atoms with E-state index >= 15 is 0 Å². The Hall–Kier alpha value is -0.455. The van der Waals surface area contributed by atoms with Gasteiger partial charge in [-0.1, -0.05) is 83.4 Å². The fraction of sp³-hybridized carbons (Fsp3) is 0.862. The van der Waals surface area contributed by atoms with Gasteiger partial charge in [0.1, 0.15) is 0 Å². The van der Waals surface area contributed by atoms with Crippen LogP contribution in [0.25, 0.3) is 0 Å². The monoisotopic (exact) mass is 402 g/mol. The lowest BCUT2D eigenvalue weighted by Crippen LogP contribution is -2.45. The molecule has 5 aliphatic carbocycles. The molecule has 7 rings (SSSR count). The van der Waals surface area contributed by atoms with E-state index in [1.165, 1.54) is 44.9 Å². The largest absolute Gasteiger partial charge is 0.151 e. The van der Waals surface area contributed by atoms with Gasteiger partial charge in [0.15, 0.2) is 6.71 Å². The predicted octanol–water partition coefficient (Wildman–Crippen LogP) is 8.05. The topological polar surface area (TPSA) is 0 Å². The molecule has 0 aromatic heterocycles. The number of allylic oxidation sites excluding steroid dienone is 3. The van der Waals surface area contributed by atoms with Crippen molar-refractivity contribution >= 4 is 6.71 Å². The summed E-state index contributed by atoms with van der Waals surface area (Å²) in [4.78, 5) is 0. The molecule has 4 saturated carbocycles. The van der Waals surface area contributed by atoms with Gasteiger partial charge in [0.05, 0.1) is 0 Å². The Morgan fingerprint density at radius 2 is 1.93 bits per heavy atom. The van der Waals surface area contributed by atoms with Gasteiger partial charge in [-0.25, -0.2) is 0 Å². The van der Waals surface area contributed by atoms with Crippen LogP contribution in [0.1, 0.15) is 86.0 Å². The van der Waals surface area contributed by atoms with Crippen LogP contribution in [-0.4, -0.2) is 6.71 Å².